The minimum absolute atomic E-state index is 0.0948. The molecule has 0 amide bonds. The van der Waals surface area contributed by atoms with Crippen molar-refractivity contribution < 1.29 is 23.9 Å². The maximum atomic E-state index is 12.3. The summed E-state index contributed by atoms with van der Waals surface area (Å²) < 4.78 is 10.1. The number of Topliss-reactive ketones (excluding diaryl/α,β-unsaturated/α-hetero) is 2. The fourth-order valence-corrected chi connectivity index (χ4v) is 3.36. The number of carbonyl (C=O) groups is 3. The molecule has 8 heteroatoms. The Balaban J connectivity index is 2.14. The fraction of sp³-hybridized carbons (Fsp3) is 0.278. The molecule has 1 heterocycles. The molecule has 0 saturated heterocycles. The number of hydrogen-bond donors (Lipinski definition) is 1. The number of nitrogens with one attached hydrogen (secondary N) is 1. The van der Waals surface area contributed by atoms with E-state index in [1.807, 2.05) is 0 Å². The van der Waals surface area contributed by atoms with Crippen LogP contribution in [-0.2, 0) is 4.74 Å². The summed E-state index contributed by atoms with van der Waals surface area (Å²) in [5.74, 6) is -1.10. The Morgan fingerprint density at radius 1 is 1.12 bits per heavy atom. The summed E-state index contributed by atoms with van der Waals surface area (Å²) in [6, 6.07) is 2.69. The first-order chi connectivity index (χ1) is 12.2. The second-order valence-electron chi connectivity index (χ2n) is 5.65. The Bertz CT molecular complexity index is 878. The van der Waals surface area contributed by atoms with Crippen LogP contribution in [0.3, 0.4) is 0 Å². The topological polar surface area (TPSA) is 85.5 Å². The van der Waals surface area contributed by atoms with Gasteiger partial charge in [-0.15, -0.1) is 0 Å². The van der Waals surface area contributed by atoms with Gasteiger partial charge in [0, 0.05) is 11.3 Å². The molecule has 2 rings (SSSR count). The molecule has 2 aromatic rings. The van der Waals surface area contributed by atoms with Crippen LogP contribution >= 0.6 is 23.2 Å². The molecule has 1 aromatic carbocycles. The number of esters is 1. The van der Waals surface area contributed by atoms with Gasteiger partial charge in [-0.05, 0) is 38.5 Å². The Hall–Kier alpha value is -2.31. The third kappa shape index (κ3) is 3.92. The zero-order valence-corrected chi connectivity index (χ0v) is 16.2. The zero-order valence-electron chi connectivity index (χ0n) is 14.7. The number of aromatic amines is 1. The van der Waals surface area contributed by atoms with E-state index in [1.54, 1.807) is 13.8 Å². The number of benzene rings is 1. The van der Waals surface area contributed by atoms with Crippen molar-refractivity contribution >= 4 is 40.7 Å². The van der Waals surface area contributed by atoms with Gasteiger partial charge in [0.15, 0.2) is 18.1 Å². The van der Waals surface area contributed by atoms with Gasteiger partial charge in [0.1, 0.15) is 0 Å². The molecule has 26 heavy (non-hydrogen) atoms. The maximum Gasteiger partial charge on any atom is 0.338 e. The van der Waals surface area contributed by atoms with E-state index in [0.29, 0.717) is 16.8 Å². The van der Waals surface area contributed by atoms with Gasteiger partial charge in [-0.1, -0.05) is 23.2 Å². The second kappa shape index (κ2) is 7.93. The number of ketones is 2. The van der Waals surface area contributed by atoms with E-state index in [9.17, 15) is 14.4 Å². The lowest BCUT2D eigenvalue weighted by Crippen LogP contribution is -2.15. The number of ether oxygens (including phenoxy) is 2. The van der Waals surface area contributed by atoms with Crippen molar-refractivity contribution in [1.82, 2.24) is 4.98 Å². The predicted molar refractivity (Wildman–Crippen MR) is 97.9 cm³/mol. The molecule has 0 saturated carbocycles. The summed E-state index contributed by atoms with van der Waals surface area (Å²) in [5, 5.41) is 0.306. The first-order valence-corrected chi connectivity index (χ1v) is 8.36. The number of aromatic nitrogens is 1. The van der Waals surface area contributed by atoms with Crippen LogP contribution in [0.4, 0.5) is 0 Å². The van der Waals surface area contributed by atoms with Crippen molar-refractivity contribution in [2.24, 2.45) is 0 Å². The lowest BCUT2D eigenvalue weighted by molar-refractivity contribution is 0.0473. The lowest BCUT2D eigenvalue weighted by Gasteiger charge is -2.09. The van der Waals surface area contributed by atoms with Crippen LogP contribution in [0.2, 0.25) is 10.0 Å². The molecule has 0 bridgehead atoms. The van der Waals surface area contributed by atoms with Crippen LogP contribution in [-0.4, -0.2) is 36.2 Å². The molecule has 138 valence electrons. The van der Waals surface area contributed by atoms with Crippen LogP contribution in [0.1, 0.15) is 49.4 Å². The predicted octanol–water partition coefficient (Wildman–Crippen LogP) is 4.19. The minimum Gasteiger partial charge on any atom is -0.494 e. The van der Waals surface area contributed by atoms with Crippen molar-refractivity contribution in [1.29, 1.82) is 0 Å². The van der Waals surface area contributed by atoms with Crippen molar-refractivity contribution in [3.05, 3.63) is 50.3 Å². The molecule has 0 aliphatic heterocycles. The van der Waals surface area contributed by atoms with Gasteiger partial charge in [-0.25, -0.2) is 4.79 Å². The number of hydrogen-bond acceptors (Lipinski definition) is 5. The summed E-state index contributed by atoms with van der Waals surface area (Å²) in [6.07, 6.45) is 0. The molecule has 0 aliphatic rings. The average molecular weight is 398 g/mol. The van der Waals surface area contributed by atoms with Crippen LogP contribution < -0.4 is 4.74 Å². The highest BCUT2D eigenvalue weighted by atomic mass is 35.5. The molecule has 1 aromatic heterocycles. The molecule has 0 spiro atoms. The van der Waals surface area contributed by atoms with Gasteiger partial charge >= 0.3 is 5.97 Å². The second-order valence-corrected chi connectivity index (χ2v) is 6.47. The van der Waals surface area contributed by atoms with Crippen LogP contribution in [0.25, 0.3) is 0 Å². The van der Waals surface area contributed by atoms with Crippen molar-refractivity contribution in [3.63, 3.8) is 0 Å². The number of carbonyl (C=O) groups excluding carboxylic acids is 3. The lowest BCUT2D eigenvalue weighted by atomic mass is 10.1. The highest BCUT2D eigenvalue weighted by molar-refractivity contribution is 6.37. The highest BCUT2D eigenvalue weighted by Crippen LogP contribution is 2.34. The monoisotopic (exact) mass is 397 g/mol. The van der Waals surface area contributed by atoms with Gasteiger partial charge in [-0.2, -0.15) is 0 Å². The van der Waals surface area contributed by atoms with E-state index >= 15 is 0 Å². The Kier molecular flexibility index (Phi) is 6.10. The summed E-state index contributed by atoms with van der Waals surface area (Å²) in [7, 11) is 1.40. The minimum atomic E-state index is -0.752. The number of H-pyrrole nitrogens is 1. The van der Waals surface area contributed by atoms with E-state index in [2.05, 4.69) is 4.98 Å². The third-order valence-electron chi connectivity index (χ3n) is 3.84. The van der Waals surface area contributed by atoms with Crippen molar-refractivity contribution in [2.45, 2.75) is 20.8 Å². The SMILES string of the molecule is COc1c(Cl)cc(C(=O)OCC(=O)c2[nH]c(C)c(C(C)=O)c2C)cc1Cl. The van der Waals surface area contributed by atoms with E-state index in [0.717, 1.165) is 0 Å². The van der Waals surface area contributed by atoms with Crippen LogP contribution in [0, 0.1) is 13.8 Å². The number of halogens is 2. The van der Waals surface area contributed by atoms with Crippen molar-refractivity contribution in [3.8, 4) is 5.75 Å². The molecule has 0 radical (unpaired) electrons. The van der Waals surface area contributed by atoms with Gasteiger partial charge in [-0.3, -0.25) is 9.59 Å². The molecule has 0 fully saturated rings. The van der Waals surface area contributed by atoms with E-state index in [-0.39, 0.29) is 32.8 Å². The summed E-state index contributed by atoms with van der Waals surface area (Å²) in [4.78, 5) is 39.0. The largest absolute Gasteiger partial charge is 0.494 e. The first kappa shape index (κ1) is 20.0. The maximum absolute atomic E-state index is 12.3. The van der Waals surface area contributed by atoms with Crippen LogP contribution in [0.5, 0.6) is 5.75 Å². The standard InChI is InChI=1S/C18H17Cl2NO5/c1-8-15(10(3)22)9(2)21-16(8)14(23)7-26-18(24)11-5-12(19)17(25-4)13(20)6-11/h5-6,21H,7H2,1-4H3. The Morgan fingerprint density at radius 2 is 1.69 bits per heavy atom. The van der Waals surface area contributed by atoms with Gasteiger partial charge in [0.2, 0.25) is 5.78 Å². The molecule has 0 atom stereocenters. The molecular formula is C18H17Cl2NO5. The molecular weight excluding hydrogens is 381 g/mol. The average Bonchev–Trinajstić information content (AvgIpc) is 2.86. The van der Waals surface area contributed by atoms with E-state index in [1.165, 1.54) is 26.2 Å². The third-order valence-corrected chi connectivity index (χ3v) is 4.40. The smallest absolute Gasteiger partial charge is 0.338 e. The van der Waals surface area contributed by atoms with E-state index in [4.69, 9.17) is 32.7 Å². The quantitative estimate of drug-likeness (QED) is 0.583. The van der Waals surface area contributed by atoms with Crippen LogP contribution in [0.15, 0.2) is 12.1 Å². The molecule has 1 N–H and O–H groups in total. The number of methoxy groups -OCH3 is 1. The van der Waals surface area contributed by atoms with Gasteiger partial charge in [0.05, 0.1) is 28.4 Å². The highest BCUT2D eigenvalue weighted by Gasteiger charge is 2.21. The number of rotatable bonds is 6. The normalized spacial score (nSPS) is 10.5. The first-order valence-electron chi connectivity index (χ1n) is 7.60. The Morgan fingerprint density at radius 3 is 2.15 bits per heavy atom. The Labute approximate surface area is 160 Å². The fourth-order valence-electron chi connectivity index (χ4n) is 2.72. The molecule has 0 aliphatic carbocycles. The zero-order chi connectivity index (χ0) is 19.6. The van der Waals surface area contributed by atoms with Gasteiger partial charge in [0.25, 0.3) is 0 Å². The van der Waals surface area contributed by atoms with Gasteiger partial charge < -0.3 is 14.5 Å². The van der Waals surface area contributed by atoms with E-state index < -0.39 is 18.4 Å². The summed E-state index contributed by atoms with van der Waals surface area (Å²) >= 11 is 12.0. The van der Waals surface area contributed by atoms with Crippen molar-refractivity contribution in [2.75, 3.05) is 13.7 Å². The summed E-state index contributed by atoms with van der Waals surface area (Å²) in [5.41, 5.74) is 1.93. The summed E-state index contributed by atoms with van der Waals surface area (Å²) in [6.45, 7) is 4.30. The molecule has 6 nitrogen and oxygen atoms in total. The molecule has 0 unspecified atom stereocenters. The number of aryl methyl sites for hydroxylation is 1.